The topological polar surface area (TPSA) is 64.4 Å². The van der Waals surface area contributed by atoms with Gasteiger partial charge in [0.05, 0.1) is 23.6 Å². The number of halogens is 3. The first-order chi connectivity index (χ1) is 16.3. The molecule has 0 radical (unpaired) electrons. The molecule has 1 amide bonds. The Labute approximate surface area is 193 Å². The minimum Gasteiger partial charge on any atom is -0.447 e. The SMILES string of the molecule is C[C@H]1Cn2ncc(N3C(=O)OC[C@H]3c3ccccc3)c2CC1C(=O)Cc1cc(F)c(F)c(F)c1. The van der Waals surface area contributed by atoms with E-state index in [2.05, 4.69) is 5.10 Å². The van der Waals surface area contributed by atoms with Crippen molar-refractivity contribution < 1.29 is 27.5 Å². The summed E-state index contributed by atoms with van der Waals surface area (Å²) >= 11 is 0. The van der Waals surface area contributed by atoms with Gasteiger partial charge in [-0.25, -0.2) is 18.0 Å². The first kappa shape index (κ1) is 22.2. The van der Waals surface area contributed by atoms with E-state index in [1.807, 2.05) is 37.3 Å². The Balaban J connectivity index is 1.42. The van der Waals surface area contributed by atoms with E-state index < -0.39 is 29.5 Å². The van der Waals surface area contributed by atoms with Gasteiger partial charge in [-0.2, -0.15) is 5.10 Å². The molecule has 3 atom stereocenters. The van der Waals surface area contributed by atoms with Gasteiger partial charge in [0.15, 0.2) is 17.5 Å². The molecule has 2 aromatic carbocycles. The number of fused-ring (bicyclic) bond motifs is 1. The van der Waals surface area contributed by atoms with E-state index in [0.29, 0.717) is 18.7 Å². The lowest BCUT2D eigenvalue weighted by Gasteiger charge is -2.31. The number of hydrogen-bond acceptors (Lipinski definition) is 4. The van der Waals surface area contributed by atoms with Crippen molar-refractivity contribution in [2.24, 2.45) is 11.8 Å². The van der Waals surface area contributed by atoms with Gasteiger partial charge < -0.3 is 4.74 Å². The molecule has 0 N–H and O–H groups in total. The number of nitrogens with zero attached hydrogens (tertiary/aromatic N) is 3. The van der Waals surface area contributed by atoms with Gasteiger partial charge >= 0.3 is 6.09 Å². The summed E-state index contributed by atoms with van der Waals surface area (Å²) in [7, 11) is 0. The molecule has 176 valence electrons. The highest BCUT2D eigenvalue weighted by Crippen LogP contribution is 2.39. The molecule has 34 heavy (non-hydrogen) atoms. The highest BCUT2D eigenvalue weighted by Gasteiger charge is 2.40. The molecular weight excluding hydrogens is 447 g/mol. The minimum atomic E-state index is -1.55. The van der Waals surface area contributed by atoms with Gasteiger partial charge in [-0.1, -0.05) is 37.3 Å². The first-order valence-corrected chi connectivity index (χ1v) is 11.0. The van der Waals surface area contributed by atoms with Gasteiger partial charge in [0.2, 0.25) is 0 Å². The maximum atomic E-state index is 13.6. The predicted octanol–water partition coefficient (Wildman–Crippen LogP) is 4.62. The number of anilines is 1. The molecule has 0 saturated carbocycles. The lowest BCUT2D eigenvalue weighted by Crippen LogP contribution is -2.36. The van der Waals surface area contributed by atoms with Crippen molar-refractivity contribution in [3.8, 4) is 0 Å². The first-order valence-electron chi connectivity index (χ1n) is 11.0. The van der Waals surface area contributed by atoms with E-state index >= 15 is 0 Å². The van der Waals surface area contributed by atoms with Gasteiger partial charge in [-0.15, -0.1) is 0 Å². The van der Waals surface area contributed by atoms with Gasteiger partial charge in [-0.3, -0.25) is 14.4 Å². The van der Waals surface area contributed by atoms with Gasteiger partial charge in [0.25, 0.3) is 0 Å². The molecule has 5 rings (SSSR count). The highest BCUT2D eigenvalue weighted by atomic mass is 19.2. The van der Waals surface area contributed by atoms with Crippen molar-refractivity contribution >= 4 is 17.6 Å². The summed E-state index contributed by atoms with van der Waals surface area (Å²) in [5.41, 5.74) is 2.32. The largest absolute Gasteiger partial charge is 0.447 e. The summed E-state index contributed by atoms with van der Waals surface area (Å²) in [6, 6.07) is 10.9. The van der Waals surface area contributed by atoms with E-state index in [-0.39, 0.29) is 36.3 Å². The fourth-order valence-corrected chi connectivity index (χ4v) is 4.86. The molecule has 3 aromatic rings. The second-order valence-electron chi connectivity index (χ2n) is 8.84. The summed E-state index contributed by atoms with van der Waals surface area (Å²) in [6.45, 7) is 2.57. The normalized spacial score (nSPS) is 21.9. The fourth-order valence-electron chi connectivity index (χ4n) is 4.86. The summed E-state index contributed by atoms with van der Waals surface area (Å²) in [6.07, 6.45) is 1.23. The molecule has 9 heteroatoms. The summed E-state index contributed by atoms with van der Waals surface area (Å²) < 4.78 is 47.6. The molecule has 6 nitrogen and oxygen atoms in total. The van der Waals surface area contributed by atoms with Crippen LogP contribution in [0.2, 0.25) is 0 Å². The number of cyclic esters (lactones) is 1. The van der Waals surface area contributed by atoms with Crippen LogP contribution in [0.15, 0.2) is 48.7 Å². The van der Waals surface area contributed by atoms with E-state index in [1.165, 1.54) is 0 Å². The van der Waals surface area contributed by atoms with Crippen LogP contribution in [0.5, 0.6) is 0 Å². The fraction of sp³-hybridized carbons (Fsp3) is 0.320. The number of amides is 1. The molecule has 0 bridgehead atoms. The van der Waals surface area contributed by atoms with Crippen molar-refractivity contribution in [3.05, 3.63) is 82.9 Å². The lowest BCUT2D eigenvalue weighted by atomic mass is 9.81. The molecule has 1 saturated heterocycles. The summed E-state index contributed by atoms with van der Waals surface area (Å²) in [5, 5.41) is 4.44. The number of rotatable bonds is 5. The number of Topliss-reactive ketones (excluding diaryl/α,β-unsaturated/α-hetero) is 1. The predicted molar refractivity (Wildman–Crippen MR) is 117 cm³/mol. The van der Waals surface area contributed by atoms with Crippen LogP contribution in [0.3, 0.4) is 0 Å². The van der Waals surface area contributed by atoms with Crippen molar-refractivity contribution in [2.45, 2.75) is 32.4 Å². The summed E-state index contributed by atoms with van der Waals surface area (Å²) in [5.74, 6) is -4.94. The van der Waals surface area contributed by atoms with Gasteiger partial charge in [0, 0.05) is 25.3 Å². The zero-order valence-electron chi connectivity index (χ0n) is 18.4. The van der Waals surface area contributed by atoms with E-state index in [9.17, 15) is 22.8 Å². The van der Waals surface area contributed by atoms with Crippen LogP contribution in [-0.2, 0) is 28.9 Å². The van der Waals surface area contributed by atoms with Crippen molar-refractivity contribution in [2.75, 3.05) is 11.5 Å². The van der Waals surface area contributed by atoms with E-state index in [1.54, 1.807) is 15.8 Å². The Morgan fingerprint density at radius 3 is 2.56 bits per heavy atom. The average Bonchev–Trinajstić information content (AvgIpc) is 3.39. The molecule has 0 aliphatic carbocycles. The maximum Gasteiger partial charge on any atom is 0.415 e. The van der Waals surface area contributed by atoms with Crippen molar-refractivity contribution in [3.63, 3.8) is 0 Å². The number of hydrogen-bond donors (Lipinski definition) is 0. The highest BCUT2D eigenvalue weighted by molar-refractivity contribution is 5.91. The molecule has 3 heterocycles. The lowest BCUT2D eigenvalue weighted by molar-refractivity contribution is -0.124. The van der Waals surface area contributed by atoms with E-state index in [0.717, 1.165) is 23.4 Å². The number of carbonyl (C=O) groups is 2. The van der Waals surface area contributed by atoms with Crippen LogP contribution in [0, 0.1) is 29.3 Å². The smallest absolute Gasteiger partial charge is 0.415 e. The van der Waals surface area contributed by atoms with Crippen molar-refractivity contribution in [1.82, 2.24) is 9.78 Å². The van der Waals surface area contributed by atoms with Crippen LogP contribution in [0.25, 0.3) is 0 Å². The molecule has 2 aliphatic heterocycles. The van der Waals surface area contributed by atoms with Gasteiger partial charge in [0.1, 0.15) is 12.4 Å². The number of aromatic nitrogens is 2. The Morgan fingerprint density at radius 1 is 1.15 bits per heavy atom. The second kappa shape index (κ2) is 8.62. The number of ether oxygens (including phenoxy) is 1. The second-order valence-corrected chi connectivity index (χ2v) is 8.84. The maximum absolute atomic E-state index is 13.6. The van der Waals surface area contributed by atoms with Crippen LogP contribution >= 0.6 is 0 Å². The minimum absolute atomic E-state index is 0.0835. The Kier molecular flexibility index (Phi) is 5.63. The van der Waals surface area contributed by atoms with Crippen LogP contribution in [0.4, 0.5) is 23.7 Å². The molecule has 1 unspecified atom stereocenters. The third-order valence-electron chi connectivity index (χ3n) is 6.64. The summed E-state index contributed by atoms with van der Waals surface area (Å²) in [4.78, 5) is 27.3. The molecule has 1 fully saturated rings. The molecule has 2 aliphatic rings. The molecular formula is C25H22F3N3O3. The standard InChI is InChI=1S/C25H22F3N3O3/c1-14-12-30-20(10-17(14)23(32)9-15-7-18(26)24(28)19(27)8-15)21(11-29-30)31-22(13-34-25(31)33)16-5-3-2-4-6-16/h2-8,11,14,17,22H,9-10,12-13H2,1H3/t14-,17?,22-/m0/s1. The Hall–Kier alpha value is -3.62. The third-order valence-corrected chi connectivity index (χ3v) is 6.64. The number of benzene rings is 2. The molecule has 1 aromatic heterocycles. The average molecular weight is 469 g/mol. The number of carbonyl (C=O) groups excluding carboxylic acids is 2. The van der Waals surface area contributed by atoms with E-state index in [4.69, 9.17) is 4.74 Å². The third kappa shape index (κ3) is 3.85. The van der Waals surface area contributed by atoms with Gasteiger partial charge in [-0.05, 0) is 29.2 Å². The van der Waals surface area contributed by atoms with Crippen LogP contribution < -0.4 is 4.90 Å². The van der Waals surface area contributed by atoms with Crippen LogP contribution in [-0.4, -0.2) is 28.3 Å². The number of ketones is 1. The van der Waals surface area contributed by atoms with Crippen molar-refractivity contribution in [1.29, 1.82) is 0 Å². The quantitative estimate of drug-likeness (QED) is 0.512. The van der Waals surface area contributed by atoms with Crippen LogP contribution in [0.1, 0.15) is 29.8 Å². The molecule has 0 spiro atoms. The zero-order chi connectivity index (χ0) is 24.0. The Morgan fingerprint density at radius 2 is 1.85 bits per heavy atom. The zero-order valence-corrected chi connectivity index (χ0v) is 18.4. The monoisotopic (exact) mass is 469 g/mol. The Bertz CT molecular complexity index is 1240.